The number of carbonyl (C=O) groups is 1. The van der Waals surface area contributed by atoms with Crippen LogP contribution >= 0.6 is 23.4 Å². The fraction of sp³-hybridized carbons (Fsp3) is 0.176. The Labute approximate surface area is 138 Å². The van der Waals surface area contributed by atoms with Crippen LogP contribution in [0.3, 0.4) is 0 Å². The molecule has 1 saturated heterocycles. The van der Waals surface area contributed by atoms with Crippen molar-refractivity contribution in [2.24, 2.45) is 0 Å². The summed E-state index contributed by atoms with van der Waals surface area (Å²) in [6.45, 7) is 2.00. The SMILES string of the molecule is Cc1ccc(N2C(=N)SC(Cc3ccc(Cl)cc3)C2=O)cc1. The van der Waals surface area contributed by atoms with Gasteiger partial charge in [-0.05, 0) is 43.2 Å². The molecule has 1 unspecified atom stereocenters. The molecule has 1 aliphatic rings. The number of nitrogens with one attached hydrogen (secondary N) is 1. The Balaban J connectivity index is 1.79. The second-order valence-corrected chi connectivity index (χ2v) is 6.88. The number of anilines is 1. The molecule has 0 radical (unpaired) electrons. The lowest BCUT2D eigenvalue weighted by atomic mass is 10.1. The zero-order chi connectivity index (χ0) is 15.7. The lowest BCUT2D eigenvalue weighted by Gasteiger charge is -2.15. The number of carbonyl (C=O) groups excluding carboxylic acids is 1. The topological polar surface area (TPSA) is 44.2 Å². The van der Waals surface area contributed by atoms with Crippen molar-refractivity contribution in [1.29, 1.82) is 5.41 Å². The molecule has 1 atom stereocenters. The summed E-state index contributed by atoms with van der Waals surface area (Å²) in [5.74, 6) is -0.0335. The van der Waals surface area contributed by atoms with Crippen LogP contribution in [-0.4, -0.2) is 16.3 Å². The van der Waals surface area contributed by atoms with E-state index in [-0.39, 0.29) is 16.3 Å². The van der Waals surface area contributed by atoms with Crippen LogP contribution in [0.5, 0.6) is 0 Å². The molecule has 0 bridgehead atoms. The van der Waals surface area contributed by atoms with Crippen molar-refractivity contribution in [2.75, 3.05) is 4.90 Å². The minimum absolute atomic E-state index is 0.0335. The number of hydrogen-bond acceptors (Lipinski definition) is 3. The van der Waals surface area contributed by atoms with Crippen LogP contribution in [0.15, 0.2) is 48.5 Å². The molecule has 3 rings (SSSR count). The first-order chi connectivity index (χ1) is 10.5. The van der Waals surface area contributed by atoms with Gasteiger partial charge >= 0.3 is 0 Å². The van der Waals surface area contributed by atoms with E-state index in [0.29, 0.717) is 11.4 Å². The molecule has 1 heterocycles. The van der Waals surface area contributed by atoms with E-state index in [0.717, 1.165) is 16.8 Å². The fourth-order valence-electron chi connectivity index (χ4n) is 2.38. The van der Waals surface area contributed by atoms with Gasteiger partial charge in [-0.1, -0.05) is 53.2 Å². The highest BCUT2D eigenvalue weighted by Gasteiger charge is 2.37. The van der Waals surface area contributed by atoms with E-state index in [9.17, 15) is 4.79 Å². The molecule has 1 aliphatic heterocycles. The fourth-order valence-corrected chi connectivity index (χ4v) is 3.56. The third-order valence-corrected chi connectivity index (χ3v) is 4.89. The second kappa shape index (κ2) is 6.15. The van der Waals surface area contributed by atoms with Gasteiger partial charge in [-0.3, -0.25) is 15.1 Å². The molecule has 2 aromatic carbocycles. The van der Waals surface area contributed by atoms with Gasteiger partial charge in [-0.15, -0.1) is 0 Å². The first kappa shape index (κ1) is 15.1. The Bertz CT molecular complexity index is 712. The van der Waals surface area contributed by atoms with Gasteiger partial charge in [0.25, 0.3) is 0 Å². The van der Waals surface area contributed by atoms with E-state index in [2.05, 4.69) is 0 Å². The van der Waals surface area contributed by atoms with Crippen molar-refractivity contribution in [3.05, 3.63) is 64.7 Å². The molecule has 5 heteroatoms. The Hall–Kier alpha value is -1.78. The maximum absolute atomic E-state index is 12.6. The average molecular weight is 331 g/mol. The molecular weight excluding hydrogens is 316 g/mol. The number of nitrogens with zero attached hydrogens (tertiary/aromatic N) is 1. The number of aryl methyl sites for hydroxylation is 1. The molecule has 0 saturated carbocycles. The van der Waals surface area contributed by atoms with E-state index < -0.39 is 0 Å². The van der Waals surface area contributed by atoms with E-state index >= 15 is 0 Å². The standard InChI is InChI=1S/C17H15ClN2OS/c1-11-2-8-14(9-3-11)20-16(21)15(22-17(20)19)10-12-4-6-13(18)7-5-12/h2-9,15,19H,10H2,1H3. The van der Waals surface area contributed by atoms with Crippen molar-refractivity contribution in [1.82, 2.24) is 0 Å². The number of amidine groups is 1. The molecule has 112 valence electrons. The average Bonchev–Trinajstić information content (AvgIpc) is 2.77. The molecule has 0 spiro atoms. The monoisotopic (exact) mass is 330 g/mol. The molecule has 1 N–H and O–H groups in total. The van der Waals surface area contributed by atoms with Gasteiger partial charge in [0, 0.05) is 5.02 Å². The predicted octanol–water partition coefficient (Wildman–Crippen LogP) is 4.27. The van der Waals surface area contributed by atoms with Crippen LogP contribution in [0, 0.1) is 12.3 Å². The summed E-state index contributed by atoms with van der Waals surface area (Å²) < 4.78 is 0. The van der Waals surface area contributed by atoms with Crippen molar-refractivity contribution >= 4 is 40.1 Å². The number of thioether (sulfide) groups is 1. The van der Waals surface area contributed by atoms with Crippen LogP contribution < -0.4 is 4.90 Å². The van der Waals surface area contributed by atoms with Crippen LogP contribution in [0.4, 0.5) is 5.69 Å². The maximum atomic E-state index is 12.6. The van der Waals surface area contributed by atoms with E-state index in [1.54, 1.807) is 0 Å². The summed E-state index contributed by atoms with van der Waals surface area (Å²) in [5.41, 5.74) is 2.94. The first-order valence-electron chi connectivity index (χ1n) is 6.95. The van der Waals surface area contributed by atoms with Crippen molar-refractivity contribution in [3.8, 4) is 0 Å². The second-order valence-electron chi connectivity index (χ2n) is 5.25. The van der Waals surface area contributed by atoms with E-state index in [4.69, 9.17) is 17.0 Å². The van der Waals surface area contributed by atoms with Gasteiger partial charge in [0.2, 0.25) is 5.91 Å². The highest BCUT2D eigenvalue weighted by molar-refractivity contribution is 8.16. The third-order valence-electron chi connectivity index (χ3n) is 3.58. The summed E-state index contributed by atoms with van der Waals surface area (Å²) in [6.07, 6.45) is 0.603. The zero-order valence-corrected chi connectivity index (χ0v) is 13.6. The largest absolute Gasteiger partial charge is 0.278 e. The maximum Gasteiger partial charge on any atom is 0.247 e. The summed E-state index contributed by atoms with van der Waals surface area (Å²) in [5, 5.41) is 8.82. The quantitative estimate of drug-likeness (QED) is 0.913. The molecule has 0 aromatic heterocycles. The summed E-state index contributed by atoms with van der Waals surface area (Å²) in [7, 11) is 0. The Morgan fingerprint density at radius 3 is 2.41 bits per heavy atom. The minimum Gasteiger partial charge on any atom is -0.278 e. The zero-order valence-electron chi connectivity index (χ0n) is 12.0. The molecule has 1 fully saturated rings. The highest BCUT2D eigenvalue weighted by atomic mass is 35.5. The summed E-state index contributed by atoms with van der Waals surface area (Å²) in [4.78, 5) is 14.1. The van der Waals surface area contributed by atoms with Gasteiger partial charge in [0.1, 0.15) is 0 Å². The molecule has 1 amide bonds. The highest BCUT2D eigenvalue weighted by Crippen LogP contribution is 2.33. The van der Waals surface area contributed by atoms with Crippen LogP contribution in [0.2, 0.25) is 5.02 Å². The van der Waals surface area contributed by atoms with Crippen molar-refractivity contribution < 1.29 is 4.79 Å². The van der Waals surface area contributed by atoms with Gasteiger partial charge < -0.3 is 0 Å². The van der Waals surface area contributed by atoms with Gasteiger partial charge in [0.05, 0.1) is 10.9 Å². The minimum atomic E-state index is -0.255. The Kier molecular flexibility index (Phi) is 4.23. The van der Waals surface area contributed by atoms with Crippen molar-refractivity contribution in [2.45, 2.75) is 18.6 Å². The lowest BCUT2D eigenvalue weighted by Crippen LogP contribution is -2.32. The number of hydrogen-bond donors (Lipinski definition) is 1. The molecule has 3 nitrogen and oxygen atoms in total. The predicted molar refractivity (Wildman–Crippen MR) is 92.9 cm³/mol. The Morgan fingerprint density at radius 2 is 1.77 bits per heavy atom. The number of benzene rings is 2. The third kappa shape index (κ3) is 3.03. The van der Waals surface area contributed by atoms with Gasteiger partial charge in [0.15, 0.2) is 5.17 Å². The van der Waals surface area contributed by atoms with Gasteiger partial charge in [-0.25, -0.2) is 0 Å². The Morgan fingerprint density at radius 1 is 1.14 bits per heavy atom. The normalized spacial score (nSPS) is 18.1. The van der Waals surface area contributed by atoms with E-state index in [1.165, 1.54) is 16.7 Å². The smallest absolute Gasteiger partial charge is 0.247 e. The number of halogens is 1. The van der Waals surface area contributed by atoms with Gasteiger partial charge in [-0.2, -0.15) is 0 Å². The van der Waals surface area contributed by atoms with E-state index in [1.807, 2.05) is 55.5 Å². The van der Waals surface area contributed by atoms with Crippen LogP contribution in [0.1, 0.15) is 11.1 Å². The molecule has 2 aromatic rings. The lowest BCUT2D eigenvalue weighted by molar-refractivity contribution is -0.116. The van der Waals surface area contributed by atoms with Crippen molar-refractivity contribution in [3.63, 3.8) is 0 Å². The number of rotatable bonds is 3. The molecule has 0 aliphatic carbocycles. The molecular formula is C17H15ClN2OS. The summed E-state index contributed by atoms with van der Waals surface area (Å²) in [6, 6.07) is 15.2. The van der Waals surface area contributed by atoms with Crippen LogP contribution in [-0.2, 0) is 11.2 Å². The summed E-state index contributed by atoms with van der Waals surface area (Å²) >= 11 is 7.19. The molecule has 22 heavy (non-hydrogen) atoms. The first-order valence-corrected chi connectivity index (χ1v) is 8.20. The number of amides is 1. The van der Waals surface area contributed by atoms with Crippen LogP contribution in [0.25, 0.3) is 0 Å².